The second kappa shape index (κ2) is 6.37. The van der Waals surface area contributed by atoms with Crippen molar-refractivity contribution in [1.82, 2.24) is 10.3 Å². The number of alkyl halides is 3. The van der Waals surface area contributed by atoms with Gasteiger partial charge in [0, 0.05) is 23.1 Å². The molecule has 1 atom stereocenters. The number of amides is 1. The molecule has 0 aliphatic rings. The van der Waals surface area contributed by atoms with E-state index in [0.29, 0.717) is 17.3 Å². The first-order valence-corrected chi connectivity index (χ1v) is 7.62. The van der Waals surface area contributed by atoms with Crippen LogP contribution in [0.25, 0.3) is 10.9 Å². The number of carbonyl (C=O) groups is 1. The maximum atomic E-state index is 12.7. The highest BCUT2D eigenvalue weighted by atomic mass is 19.4. The van der Waals surface area contributed by atoms with Gasteiger partial charge in [-0.3, -0.25) is 0 Å². The molecule has 2 N–H and O–H groups in total. The zero-order valence-electron chi connectivity index (χ0n) is 14.0. The van der Waals surface area contributed by atoms with Gasteiger partial charge in [0.15, 0.2) is 0 Å². The van der Waals surface area contributed by atoms with Crippen molar-refractivity contribution in [2.75, 3.05) is 0 Å². The third-order valence-electron chi connectivity index (χ3n) is 3.38. The Balaban J connectivity index is 2.09. The summed E-state index contributed by atoms with van der Waals surface area (Å²) in [5, 5.41) is 3.43. The third-order valence-corrected chi connectivity index (χ3v) is 3.38. The van der Waals surface area contributed by atoms with Gasteiger partial charge in [0.25, 0.3) is 0 Å². The van der Waals surface area contributed by atoms with Gasteiger partial charge in [-0.25, -0.2) is 4.79 Å². The zero-order valence-corrected chi connectivity index (χ0v) is 14.0. The first-order valence-electron chi connectivity index (χ1n) is 7.62. The molecule has 0 fully saturated rings. The number of alkyl carbamates (subject to hydrolysis) is 1. The lowest BCUT2D eigenvalue weighted by Gasteiger charge is -2.21. The van der Waals surface area contributed by atoms with E-state index in [1.54, 1.807) is 27.0 Å². The molecule has 2 aromatic rings. The second-order valence-electron chi connectivity index (χ2n) is 6.82. The summed E-state index contributed by atoms with van der Waals surface area (Å²) in [6.07, 6.45) is -2.75. The maximum Gasteiger partial charge on any atom is 0.416 e. The molecule has 0 aliphatic carbocycles. The minimum absolute atomic E-state index is 0.221. The summed E-state index contributed by atoms with van der Waals surface area (Å²) >= 11 is 0. The minimum Gasteiger partial charge on any atom is -0.444 e. The van der Waals surface area contributed by atoms with Crippen molar-refractivity contribution in [3.8, 4) is 0 Å². The molecule has 7 heteroatoms. The first-order chi connectivity index (χ1) is 11.0. The van der Waals surface area contributed by atoms with E-state index >= 15 is 0 Å². The molecule has 4 nitrogen and oxygen atoms in total. The SMILES string of the molecule is CC(Cc1c[nH]c2cc(C(F)(F)F)ccc12)NC(=O)OC(C)(C)C. The third kappa shape index (κ3) is 4.66. The summed E-state index contributed by atoms with van der Waals surface area (Å²) in [5.41, 5.74) is -0.0200. The van der Waals surface area contributed by atoms with Crippen LogP contribution >= 0.6 is 0 Å². The van der Waals surface area contributed by atoms with Crippen molar-refractivity contribution in [3.63, 3.8) is 0 Å². The largest absolute Gasteiger partial charge is 0.444 e. The van der Waals surface area contributed by atoms with E-state index in [-0.39, 0.29) is 6.04 Å². The molecule has 1 heterocycles. The molecule has 0 saturated heterocycles. The van der Waals surface area contributed by atoms with Crippen LogP contribution in [0.2, 0.25) is 0 Å². The number of aromatic amines is 1. The van der Waals surface area contributed by atoms with Gasteiger partial charge >= 0.3 is 12.3 Å². The predicted molar refractivity (Wildman–Crippen MR) is 85.8 cm³/mol. The smallest absolute Gasteiger partial charge is 0.416 e. The molecule has 0 saturated carbocycles. The molecule has 2 rings (SSSR count). The first kappa shape index (κ1) is 18.2. The average molecular weight is 342 g/mol. The van der Waals surface area contributed by atoms with Gasteiger partial charge in [-0.05, 0) is 51.8 Å². The Hall–Kier alpha value is -2.18. The fraction of sp³-hybridized carbons (Fsp3) is 0.471. The van der Waals surface area contributed by atoms with Crippen molar-refractivity contribution in [2.45, 2.75) is 51.9 Å². The normalized spacial score (nSPS) is 13.8. The molecular formula is C17H21F3N2O2. The molecular weight excluding hydrogens is 321 g/mol. The van der Waals surface area contributed by atoms with Crippen LogP contribution in [0.1, 0.15) is 38.8 Å². The molecule has 1 aromatic carbocycles. The molecule has 132 valence electrons. The number of nitrogens with one attached hydrogen (secondary N) is 2. The number of hydrogen-bond acceptors (Lipinski definition) is 2. The summed E-state index contributed by atoms with van der Waals surface area (Å²) in [6, 6.07) is 3.38. The van der Waals surface area contributed by atoms with Gasteiger partial charge in [0.2, 0.25) is 0 Å². The molecule has 0 spiro atoms. The van der Waals surface area contributed by atoms with Gasteiger partial charge < -0.3 is 15.0 Å². The van der Waals surface area contributed by atoms with Gasteiger partial charge in [0.05, 0.1) is 5.56 Å². The van der Waals surface area contributed by atoms with Gasteiger partial charge in [0.1, 0.15) is 5.60 Å². The van der Waals surface area contributed by atoms with Crippen LogP contribution in [0.15, 0.2) is 24.4 Å². The highest BCUT2D eigenvalue weighted by molar-refractivity contribution is 5.84. The van der Waals surface area contributed by atoms with E-state index in [9.17, 15) is 18.0 Å². The van der Waals surface area contributed by atoms with E-state index in [2.05, 4.69) is 10.3 Å². The van der Waals surface area contributed by atoms with Crippen molar-refractivity contribution >= 4 is 17.0 Å². The van der Waals surface area contributed by atoms with Crippen LogP contribution in [-0.4, -0.2) is 22.7 Å². The lowest BCUT2D eigenvalue weighted by atomic mass is 10.0. The average Bonchev–Trinajstić information content (AvgIpc) is 2.77. The molecule has 1 unspecified atom stereocenters. The van der Waals surface area contributed by atoms with E-state index in [4.69, 9.17) is 4.74 Å². The summed E-state index contributed by atoms with van der Waals surface area (Å²) < 4.78 is 43.4. The summed E-state index contributed by atoms with van der Waals surface area (Å²) in [4.78, 5) is 14.6. The second-order valence-corrected chi connectivity index (χ2v) is 6.82. The fourth-order valence-corrected chi connectivity index (χ4v) is 2.42. The Morgan fingerprint density at radius 1 is 1.29 bits per heavy atom. The number of ether oxygens (including phenoxy) is 1. The Morgan fingerprint density at radius 3 is 2.54 bits per heavy atom. The number of aromatic nitrogens is 1. The number of hydrogen-bond donors (Lipinski definition) is 2. The monoisotopic (exact) mass is 342 g/mol. The van der Waals surface area contributed by atoms with Crippen molar-refractivity contribution in [2.24, 2.45) is 0 Å². The zero-order chi connectivity index (χ0) is 18.1. The van der Waals surface area contributed by atoms with Crippen LogP contribution in [0.4, 0.5) is 18.0 Å². The number of fused-ring (bicyclic) bond motifs is 1. The van der Waals surface area contributed by atoms with Crippen LogP contribution in [0, 0.1) is 0 Å². The number of halogens is 3. The predicted octanol–water partition coefficient (Wildman–Crippen LogP) is 4.64. The lowest BCUT2D eigenvalue weighted by Crippen LogP contribution is -2.38. The van der Waals surface area contributed by atoms with Gasteiger partial charge in [-0.2, -0.15) is 13.2 Å². The molecule has 0 bridgehead atoms. The van der Waals surface area contributed by atoms with E-state index < -0.39 is 23.4 Å². The Bertz CT molecular complexity index is 729. The van der Waals surface area contributed by atoms with E-state index in [1.807, 2.05) is 6.92 Å². The summed E-state index contributed by atoms with van der Waals surface area (Å²) in [5.74, 6) is 0. The number of carbonyl (C=O) groups excluding carboxylic acids is 1. The van der Waals surface area contributed by atoms with Crippen LogP contribution in [-0.2, 0) is 17.3 Å². The molecule has 0 aliphatic heterocycles. The Morgan fingerprint density at radius 2 is 1.96 bits per heavy atom. The molecule has 1 amide bonds. The van der Waals surface area contributed by atoms with Crippen LogP contribution in [0.5, 0.6) is 0 Å². The van der Waals surface area contributed by atoms with Crippen molar-refractivity contribution < 1.29 is 22.7 Å². The Kier molecular flexibility index (Phi) is 4.82. The lowest BCUT2D eigenvalue weighted by molar-refractivity contribution is -0.137. The topological polar surface area (TPSA) is 54.1 Å². The maximum absolute atomic E-state index is 12.7. The molecule has 0 radical (unpaired) electrons. The highest BCUT2D eigenvalue weighted by Gasteiger charge is 2.30. The minimum atomic E-state index is -4.37. The quantitative estimate of drug-likeness (QED) is 0.853. The number of H-pyrrole nitrogens is 1. The van der Waals surface area contributed by atoms with E-state index in [1.165, 1.54) is 6.07 Å². The Labute approximate surface area is 138 Å². The summed E-state index contributed by atoms with van der Waals surface area (Å²) in [7, 11) is 0. The van der Waals surface area contributed by atoms with Gasteiger partial charge in [-0.15, -0.1) is 0 Å². The highest BCUT2D eigenvalue weighted by Crippen LogP contribution is 2.32. The number of rotatable bonds is 3. The van der Waals surface area contributed by atoms with Crippen molar-refractivity contribution in [3.05, 3.63) is 35.5 Å². The fourth-order valence-electron chi connectivity index (χ4n) is 2.42. The standard InChI is InChI=1S/C17H21F3N2O2/c1-10(22-15(23)24-16(2,3)4)7-11-9-21-14-8-12(17(18,19)20)5-6-13(11)14/h5-6,8-10,21H,7H2,1-4H3,(H,22,23). The van der Waals surface area contributed by atoms with Gasteiger partial charge in [-0.1, -0.05) is 6.07 Å². The summed E-state index contributed by atoms with van der Waals surface area (Å²) in [6.45, 7) is 7.13. The van der Waals surface area contributed by atoms with Crippen LogP contribution < -0.4 is 5.32 Å². The van der Waals surface area contributed by atoms with Crippen LogP contribution in [0.3, 0.4) is 0 Å². The van der Waals surface area contributed by atoms with E-state index in [0.717, 1.165) is 17.7 Å². The molecule has 1 aromatic heterocycles. The van der Waals surface area contributed by atoms with Crippen molar-refractivity contribution in [1.29, 1.82) is 0 Å². The molecule has 24 heavy (non-hydrogen) atoms. The number of benzene rings is 1.